The highest BCUT2D eigenvalue weighted by Gasteiger charge is 2.17. The summed E-state index contributed by atoms with van der Waals surface area (Å²) >= 11 is 3.37. The number of halogens is 1. The molecule has 1 aromatic rings. The molecule has 112 valence electrons. The number of carbonyl (C=O) groups is 1. The minimum Gasteiger partial charge on any atom is -0.481 e. The van der Waals surface area contributed by atoms with E-state index >= 15 is 0 Å². The number of rotatable bonds is 10. The Morgan fingerprint density at radius 1 is 1.25 bits per heavy atom. The lowest BCUT2D eigenvalue weighted by Gasteiger charge is -2.12. The van der Waals surface area contributed by atoms with Crippen molar-refractivity contribution in [1.82, 2.24) is 0 Å². The second-order valence-corrected chi connectivity index (χ2v) is 5.53. The molecule has 0 fully saturated rings. The van der Waals surface area contributed by atoms with Crippen molar-refractivity contribution in [3.05, 3.63) is 34.3 Å². The molecule has 0 amide bonds. The van der Waals surface area contributed by atoms with Crippen molar-refractivity contribution in [1.29, 1.82) is 0 Å². The molecular weight excluding hydrogens is 324 g/mol. The lowest BCUT2D eigenvalue weighted by atomic mass is 9.95. The Balaban J connectivity index is 2.33. The van der Waals surface area contributed by atoms with Crippen LogP contribution in [0.1, 0.15) is 18.4 Å². The number of ether oxygens (including phenoxy) is 2. The molecule has 1 unspecified atom stereocenters. The molecule has 0 saturated heterocycles. The molecule has 4 nitrogen and oxygen atoms in total. The maximum atomic E-state index is 11.3. The summed E-state index contributed by atoms with van der Waals surface area (Å²) in [5.41, 5.74) is 1.04. The second kappa shape index (κ2) is 9.91. The molecule has 5 heteroatoms. The number of aliphatic carboxylic acids is 1. The standard InChI is InChI=1S/C15H21BrO4/c1-19-9-10-20-8-2-3-13(15(17)18)11-12-4-6-14(16)7-5-12/h4-7,13H,2-3,8-11H2,1H3,(H,17,18). The van der Waals surface area contributed by atoms with Gasteiger partial charge in [-0.3, -0.25) is 4.79 Å². The smallest absolute Gasteiger partial charge is 0.306 e. The van der Waals surface area contributed by atoms with Crippen molar-refractivity contribution < 1.29 is 19.4 Å². The number of hydrogen-bond donors (Lipinski definition) is 1. The third-order valence-corrected chi connectivity index (χ3v) is 3.55. The van der Waals surface area contributed by atoms with E-state index in [1.807, 2.05) is 24.3 Å². The molecule has 0 spiro atoms. The Kier molecular flexibility index (Phi) is 8.49. The minimum atomic E-state index is -0.746. The zero-order valence-corrected chi connectivity index (χ0v) is 13.3. The van der Waals surface area contributed by atoms with Gasteiger partial charge in [0.2, 0.25) is 0 Å². The first-order chi connectivity index (χ1) is 9.63. The van der Waals surface area contributed by atoms with Gasteiger partial charge in [0, 0.05) is 18.2 Å². The predicted molar refractivity (Wildman–Crippen MR) is 80.9 cm³/mol. The highest BCUT2D eigenvalue weighted by molar-refractivity contribution is 9.10. The quantitative estimate of drug-likeness (QED) is 0.662. The number of carboxylic acid groups (broad SMARTS) is 1. The first-order valence-corrected chi connectivity index (χ1v) is 7.46. The third-order valence-electron chi connectivity index (χ3n) is 3.02. The van der Waals surface area contributed by atoms with Crippen LogP contribution in [0, 0.1) is 5.92 Å². The molecule has 1 rings (SSSR count). The van der Waals surface area contributed by atoms with Gasteiger partial charge >= 0.3 is 5.97 Å². The summed E-state index contributed by atoms with van der Waals surface area (Å²) < 4.78 is 11.2. The Bertz CT molecular complexity index is 391. The highest BCUT2D eigenvalue weighted by atomic mass is 79.9. The molecule has 0 aliphatic rings. The van der Waals surface area contributed by atoms with Crippen LogP contribution in [0.15, 0.2) is 28.7 Å². The summed E-state index contributed by atoms with van der Waals surface area (Å²) in [5, 5.41) is 9.26. The minimum absolute atomic E-state index is 0.359. The first-order valence-electron chi connectivity index (χ1n) is 6.67. The molecule has 0 radical (unpaired) electrons. The van der Waals surface area contributed by atoms with E-state index in [1.165, 1.54) is 0 Å². The molecule has 0 saturated carbocycles. The summed E-state index contributed by atoms with van der Waals surface area (Å²) in [6.07, 6.45) is 1.93. The Labute approximate surface area is 128 Å². The van der Waals surface area contributed by atoms with Crippen LogP contribution in [0.3, 0.4) is 0 Å². The summed E-state index contributed by atoms with van der Waals surface area (Å²) in [5.74, 6) is -1.10. The monoisotopic (exact) mass is 344 g/mol. The van der Waals surface area contributed by atoms with Gasteiger partial charge in [-0.25, -0.2) is 0 Å². The van der Waals surface area contributed by atoms with E-state index in [0.29, 0.717) is 32.7 Å². The van der Waals surface area contributed by atoms with Crippen LogP contribution in [0.25, 0.3) is 0 Å². The molecule has 0 aliphatic carbocycles. The van der Waals surface area contributed by atoms with Crippen LogP contribution in [-0.2, 0) is 20.7 Å². The van der Waals surface area contributed by atoms with Crippen LogP contribution in [0.4, 0.5) is 0 Å². The third kappa shape index (κ3) is 7.03. The van der Waals surface area contributed by atoms with E-state index in [9.17, 15) is 9.90 Å². The maximum Gasteiger partial charge on any atom is 0.306 e. The Morgan fingerprint density at radius 3 is 2.55 bits per heavy atom. The SMILES string of the molecule is COCCOCCCC(Cc1ccc(Br)cc1)C(=O)O. The Morgan fingerprint density at radius 2 is 1.95 bits per heavy atom. The summed E-state index contributed by atoms with van der Waals surface area (Å²) in [6.45, 7) is 1.70. The van der Waals surface area contributed by atoms with Gasteiger partial charge in [-0.15, -0.1) is 0 Å². The molecule has 0 aliphatic heterocycles. The summed E-state index contributed by atoms with van der Waals surface area (Å²) in [7, 11) is 1.63. The van der Waals surface area contributed by atoms with Crippen LogP contribution in [0.5, 0.6) is 0 Å². The molecule has 20 heavy (non-hydrogen) atoms. The fraction of sp³-hybridized carbons (Fsp3) is 0.533. The first kappa shape index (κ1) is 17.1. The number of benzene rings is 1. The highest BCUT2D eigenvalue weighted by Crippen LogP contribution is 2.17. The van der Waals surface area contributed by atoms with E-state index in [1.54, 1.807) is 7.11 Å². The molecule has 0 aromatic heterocycles. The molecule has 0 bridgehead atoms. The summed E-state index contributed by atoms with van der Waals surface area (Å²) in [6, 6.07) is 7.77. The number of methoxy groups -OCH3 is 1. The zero-order valence-electron chi connectivity index (χ0n) is 11.7. The van der Waals surface area contributed by atoms with Gasteiger partial charge in [0.25, 0.3) is 0 Å². The lowest BCUT2D eigenvalue weighted by molar-refractivity contribution is -0.142. The van der Waals surface area contributed by atoms with E-state index < -0.39 is 5.97 Å². The fourth-order valence-electron chi connectivity index (χ4n) is 1.89. The maximum absolute atomic E-state index is 11.3. The van der Waals surface area contributed by atoms with E-state index in [0.717, 1.165) is 16.5 Å². The van der Waals surface area contributed by atoms with Crippen molar-refractivity contribution in [2.24, 2.45) is 5.92 Å². The van der Waals surface area contributed by atoms with Crippen LogP contribution in [-0.4, -0.2) is 38.0 Å². The van der Waals surface area contributed by atoms with Crippen molar-refractivity contribution >= 4 is 21.9 Å². The second-order valence-electron chi connectivity index (χ2n) is 4.61. The van der Waals surface area contributed by atoms with Crippen molar-refractivity contribution in [3.63, 3.8) is 0 Å². The zero-order chi connectivity index (χ0) is 14.8. The van der Waals surface area contributed by atoms with Gasteiger partial charge in [-0.2, -0.15) is 0 Å². The number of carboxylic acids is 1. The molecular formula is C15H21BrO4. The topological polar surface area (TPSA) is 55.8 Å². The van der Waals surface area contributed by atoms with E-state index in [4.69, 9.17) is 9.47 Å². The van der Waals surface area contributed by atoms with Gasteiger partial charge in [0.05, 0.1) is 19.1 Å². The summed E-state index contributed by atoms with van der Waals surface area (Å²) in [4.78, 5) is 11.3. The van der Waals surface area contributed by atoms with E-state index in [2.05, 4.69) is 15.9 Å². The average molecular weight is 345 g/mol. The largest absolute Gasteiger partial charge is 0.481 e. The predicted octanol–water partition coefficient (Wildman–Crippen LogP) is 3.14. The molecule has 0 heterocycles. The van der Waals surface area contributed by atoms with Gasteiger partial charge in [-0.05, 0) is 37.0 Å². The van der Waals surface area contributed by atoms with Crippen LogP contribution >= 0.6 is 15.9 Å². The Hall–Kier alpha value is -0.910. The van der Waals surface area contributed by atoms with Crippen molar-refractivity contribution in [2.75, 3.05) is 26.9 Å². The lowest BCUT2D eigenvalue weighted by Crippen LogP contribution is -2.17. The van der Waals surface area contributed by atoms with Crippen LogP contribution in [0.2, 0.25) is 0 Å². The van der Waals surface area contributed by atoms with Gasteiger partial charge in [0.1, 0.15) is 0 Å². The molecule has 1 aromatic carbocycles. The van der Waals surface area contributed by atoms with Crippen molar-refractivity contribution in [3.8, 4) is 0 Å². The van der Waals surface area contributed by atoms with E-state index in [-0.39, 0.29) is 5.92 Å². The van der Waals surface area contributed by atoms with Crippen LogP contribution < -0.4 is 0 Å². The molecule has 1 atom stereocenters. The normalized spacial score (nSPS) is 12.3. The fourth-order valence-corrected chi connectivity index (χ4v) is 2.16. The number of hydrogen-bond acceptors (Lipinski definition) is 3. The molecule has 1 N–H and O–H groups in total. The van der Waals surface area contributed by atoms with Gasteiger partial charge in [-0.1, -0.05) is 28.1 Å². The van der Waals surface area contributed by atoms with Gasteiger partial charge in [0.15, 0.2) is 0 Å². The average Bonchev–Trinajstić information content (AvgIpc) is 2.43. The van der Waals surface area contributed by atoms with Gasteiger partial charge < -0.3 is 14.6 Å². The van der Waals surface area contributed by atoms with Crippen molar-refractivity contribution in [2.45, 2.75) is 19.3 Å².